The second-order valence-electron chi connectivity index (χ2n) is 11.7. The molecular formula is C31H36O7S3. The van der Waals surface area contributed by atoms with Crippen LogP contribution in [0.5, 0.6) is 11.5 Å². The van der Waals surface area contributed by atoms with E-state index in [9.17, 15) is 23.4 Å². The van der Waals surface area contributed by atoms with Crippen molar-refractivity contribution in [2.45, 2.75) is 80.9 Å². The molecule has 41 heavy (non-hydrogen) atoms. The molecule has 1 unspecified atom stereocenters. The highest BCUT2D eigenvalue weighted by molar-refractivity contribution is 8.04. The van der Waals surface area contributed by atoms with Crippen molar-refractivity contribution in [3.05, 3.63) is 81.3 Å². The van der Waals surface area contributed by atoms with Crippen LogP contribution in [0.15, 0.2) is 73.7 Å². The predicted octanol–water partition coefficient (Wildman–Crippen LogP) is 7.66. The molecule has 0 fully saturated rings. The fraction of sp³-hybridized carbons (Fsp3) is 0.387. The number of benzene rings is 2. The summed E-state index contributed by atoms with van der Waals surface area (Å²) in [7, 11) is -3.99. The van der Waals surface area contributed by atoms with E-state index in [1.807, 2.05) is 46.8 Å². The van der Waals surface area contributed by atoms with Gasteiger partial charge in [0.2, 0.25) is 0 Å². The van der Waals surface area contributed by atoms with E-state index in [2.05, 4.69) is 0 Å². The quantitative estimate of drug-likeness (QED) is 0.186. The summed E-state index contributed by atoms with van der Waals surface area (Å²) in [5.74, 6) is -0.260. The lowest BCUT2D eigenvalue weighted by molar-refractivity contribution is -0.164. The molecule has 220 valence electrons. The van der Waals surface area contributed by atoms with Gasteiger partial charge in [0, 0.05) is 11.3 Å². The van der Waals surface area contributed by atoms with Gasteiger partial charge < -0.3 is 19.1 Å². The predicted molar refractivity (Wildman–Crippen MR) is 162 cm³/mol. The topological polar surface area (TPSA) is 110 Å². The fourth-order valence-electron chi connectivity index (χ4n) is 4.71. The number of thiophene rings is 1. The van der Waals surface area contributed by atoms with Crippen LogP contribution < -0.4 is 4.18 Å². The number of aliphatic hydroxyl groups is 1. The monoisotopic (exact) mass is 616 g/mol. The van der Waals surface area contributed by atoms with E-state index in [-0.39, 0.29) is 38.7 Å². The Morgan fingerprint density at radius 1 is 1.12 bits per heavy atom. The summed E-state index contributed by atoms with van der Waals surface area (Å²) in [6, 6.07) is 13.5. The van der Waals surface area contributed by atoms with Gasteiger partial charge in [-0.1, -0.05) is 64.6 Å². The summed E-state index contributed by atoms with van der Waals surface area (Å²) in [5, 5.41) is 22.5. The molecule has 2 aromatic carbocycles. The van der Waals surface area contributed by atoms with E-state index in [1.54, 1.807) is 42.6 Å². The second kappa shape index (κ2) is 11.7. The van der Waals surface area contributed by atoms with Crippen LogP contribution >= 0.6 is 23.1 Å². The van der Waals surface area contributed by atoms with Gasteiger partial charge in [-0.2, -0.15) is 8.42 Å². The Morgan fingerprint density at radius 3 is 2.37 bits per heavy atom. The third kappa shape index (κ3) is 6.93. The van der Waals surface area contributed by atoms with Gasteiger partial charge in [0.05, 0.1) is 0 Å². The van der Waals surface area contributed by atoms with Gasteiger partial charge in [0.15, 0.2) is 4.21 Å². The van der Waals surface area contributed by atoms with Gasteiger partial charge in [0.25, 0.3) is 0 Å². The summed E-state index contributed by atoms with van der Waals surface area (Å²) in [6.45, 7) is 11.6. The number of hydrogen-bond acceptors (Lipinski definition) is 9. The maximum atomic E-state index is 13.4. The third-order valence-corrected chi connectivity index (χ3v) is 11.0. The Hall–Kier alpha value is -2.95. The molecule has 0 saturated carbocycles. The van der Waals surface area contributed by atoms with Gasteiger partial charge in [-0.15, -0.1) is 11.3 Å². The molecule has 7 nitrogen and oxygen atoms in total. The number of thioether (sulfide) groups is 1. The summed E-state index contributed by atoms with van der Waals surface area (Å²) in [5.41, 5.74) is 1.04. The molecule has 1 atom stereocenters. The van der Waals surface area contributed by atoms with E-state index in [4.69, 9.17) is 8.92 Å². The molecule has 0 amide bonds. The number of phenolic OH excluding ortho intramolecular Hbond substituents is 1. The molecule has 0 saturated heterocycles. The minimum Gasteiger partial charge on any atom is -0.511 e. The number of carbonyl (C=O) groups excluding carboxylic acids is 1. The lowest BCUT2D eigenvalue weighted by atomic mass is 9.80. The fourth-order valence-corrected chi connectivity index (χ4v) is 7.89. The lowest BCUT2D eigenvalue weighted by Gasteiger charge is -2.40. The highest BCUT2D eigenvalue weighted by Crippen LogP contribution is 2.46. The summed E-state index contributed by atoms with van der Waals surface area (Å²) in [4.78, 5) is 14.2. The number of aromatic hydroxyl groups is 1. The van der Waals surface area contributed by atoms with Gasteiger partial charge in [-0.25, -0.2) is 4.79 Å². The minimum absolute atomic E-state index is 0.0243. The number of aryl methyl sites for hydroxylation is 2. The number of hydrogen-bond donors (Lipinski definition) is 2. The molecule has 1 aliphatic rings. The van der Waals surface area contributed by atoms with Crippen molar-refractivity contribution in [3.8, 4) is 11.5 Å². The number of cyclic esters (lactones) is 1. The standard InChI is InChI=1S/C31H36O7S3/c1-19(2)31(14-13-21-9-11-22(32)12-10-21)18-24(33)28(29(34)37-31)40-26-16-20(3)25(17-23(26)30(4,5)6)38-41(35,36)27-8-7-15-39-27/h7-12,15-17,19,32-33H,13-14,18H2,1-6H3. The van der Waals surface area contributed by atoms with Crippen molar-refractivity contribution in [1.82, 2.24) is 0 Å². The molecule has 4 rings (SSSR count). The first-order chi connectivity index (χ1) is 19.1. The number of phenols is 1. The SMILES string of the molecule is Cc1cc(SC2=C(O)CC(CCc3ccc(O)cc3)(C(C)C)OC2=O)c(C(C)(C)C)cc1OS(=O)(=O)c1cccs1. The molecule has 0 aliphatic carbocycles. The van der Waals surface area contributed by atoms with Crippen LogP contribution in [-0.2, 0) is 31.5 Å². The van der Waals surface area contributed by atoms with E-state index < -0.39 is 27.1 Å². The van der Waals surface area contributed by atoms with Crippen LogP contribution in [0.1, 0.15) is 64.2 Å². The Kier molecular flexibility index (Phi) is 8.87. The Morgan fingerprint density at radius 2 is 1.80 bits per heavy atom. The van der Waals surface area contributed by atoms with Gasteiger partial charge in [-0.3, -0.25) is 0 Å². The van der Waals surface area contributed by atoms with E-state index in [0.29, 0.717) is 23.3 Å². The van der Waals surface area contributed by atoms with Crippen LogP contribution in [0.4, 0.5) is 0 Å². The molecule has 0 spiro atoms. The Labute approximate surface area is 250 Å². The average molecular weight is 617 g/mol. The van der Waals surface area contributed by atoms with Crippen LogP contribution in [-0.4, -0.2) is 30.2 Å². The number of ether oxygens (including phenoxy) is 1. The molecule has 0 bridgehead atoms. The van der Waals surface area contributed by atoms with Crippen molar-refractivity contribution >= 4 is 39.2 Å². The molecular weight excluding hydrogens is 581 g/mol. The average Bonchev–Trinajstić information content (AvgIpc) is 3.43. The molecule has 0 radical (unpaired) electrons. The van der Waals surface area contributed by atoms with E-state index >= 15 is 0 Å². The highest BCUT2D eigenvalue weighted by atomic mass is 32.3. The van der Waals surface area contributed by atoms with Gasteiger partial charge in [-0.05, 0) is 83.5 Å². The number of esters is 1. The molecule has 2 heterocycles. The van der Waals surface area contributed by atoms with E-state index in [0.717, 1.165) is 34.2 Å². The zero-order valence-corrected chi connectivity index (χ0v) is 26.5. The van der Waals surface area contributed by atoms with Crippen molar-refractivity contribution in [3.63, 3.8) is 0 Å². The lowest BCUT2D eigenvalue weighted by Crippen LogP contribution is -2.44. The van der Waals surface area contributed by atoms with Crippen molar-refractivity contribution in [2.24, 2.45) is 5.92 Å². The smallest absolute Gasteiger partial charge is 0.349 e. The minimum atomic E-state index is -3.99. The largest absolute Gasteiger partial charge is 0.511 e. The molecule has 10 heteroatoms. The summed E-state index contributed by atoms with van der Waals surface area (Å²) >= 11 is 2.21. The van der Waals surface area contributed by atoms with Crippen LogP contribution in [0.2, 0.25) is 0 Å². The van der Waals surface area contributed by atoms with Gasteiger partial charge >= 0.3 is 16.1 Å². The number of aliphatic hydroxyl groups excluding tert-OH is 1. The van der Waals surface area contributed by atoms with Crippen LogP contribution in [0.3, 0.4) is 0 Å². The molecule has 3 aromatic rings. The normalized spacial score (nSPS) is 18.1. The van der Waals surface area contributed by atoms with Gasteiger partial charge in [0.1, 0.15) is 27.8 Å². The van der Waals surface area contributed by atoms with Crippen molar-refractivity contribution in [1.29, 1.82) is 0 Å². The van der Waals surface area contributed by atoms with E-state index in [1.165, 1.54) is 6.07 Å². The summed E-state index contributed by atoms with van der Waals surface area (Å²) < 4.78 is 37.4. The third-order valence-electron chi connectivity index (χ3n) is 7.27. The first kappa shape index (κ1) is 31.0. The number of carbonyl (C=O) groups is 1. The maximum Gasteiger partial charge on any atom is 0.349 e. The second-order valence-corrected chi connectivity index (χ2v) is 15.4. The molecule has 2 N–H and O–H groups in total. The number of rotatable bonds is 9. The first-order valence-corrected chi connectivity index (χ1v) is 16.5. The van der Waals surface area contributed by atoms with Crippen LogP contribution in [0, 0.1) is 12.8 Å². The van der Waals surface area contributed by atoms with Crippen molar-refractivity contribution in [2.75, 3.05) is 0 Å². The maximum absolute atomic E-state index is 13.4. The Bertz CT molecular complexity index is 1550. The zero-order chi connectivity index (χ0) is 30.2. The Balaban J connectivity index is 1.63. The van der Waals surface area contributed by atoms with Crippen LogP contribution in [0.25, 0.3) is 0 Å². The zero-order valence-electron chi connectivity index (χ0n) is 24.1. The molecule has 1 aliphatic heterocycles. The van der Waals surface area contributed by atoms with Crippen molar-refractivity contribution < 1.29 is 32.3 Å². The highest BCUT2D eigenvalue weighted by Gasteiger charge is 2.44. The first-order valence-electron chi connectivity index (χ1n) is 13.4. The summed E-state index contributed by atoms with van der Waals surface area (Å²) in [6.07, 6.45) is 1.31. The molecule has 1 aromatic heterocycles.